The van der Waals surface area contributed by atoms with Crippen molar-refractivity contribution in [2.24, 2.45) is 0 Å². The van der Waals surface area contributed by atoms with Gasteiger partial charge in [-0.1, -0.05) is 42.5 Å². The molecule has 0 saturated heterocycles. The molecule has 0 spiro atoms. The van der Waals surface area contributed by atoms with Crippen molar-refractivity contribution in [1.82, 2.24) is 10.3 Å². The SMILES string of the molecule is O=C(NCCOC1CCCCC1)c1ccc(Cl)nc1Cl. The van der Waals surface area contributed by atoms with E-state index in [-0.39, 0.29) is 16.2 Å². The maximum Gasteiger partial charge on any atom is 0.254 e. The number of carbonyl (C=O) groups excluding carboxylic acids is 1. The largest absolute Gasteiger partial charge is 0.376 e. The van der Waals surface area contributed by atoms with Gasteiger partial charge in [0.25, 0.3) is 5.91 Å². The normalized spacial score (nSPS) is 16.1. The van der Waals surface area contributed by atoms with Crippen LogP contribution in [0.15, 0.2) is 12.1 Å². The van der Waals surface area contributed by atoms with Crippen LogP contribution in [0.3, 0.4) is 0 Å². The first-order valence-corrected chi connectivity index (χ1v) is 7.64. The number of rotatable bonds is 5. The smallest absolute Gasteiger partial charge is 0.254 e. The fourth-order valence-corrected chi connectivity index (χ4v) is 2.73. The van der Waals surface area contributed by atoms with Gasteiger partial charge in [0, 0.05) is 6.54 Å². The molecule has 0 atom stereocenters. The Hall–Kier alpha value is -0.840. The lowest BCUT2D eigenvalue weighted by atomic mass is 9.98. The molecule has 4 nitrogen and oxygen atoms in total. The molecule has 20 heavy (non-hydrogen) atoms. The number of nitrogens with zero attached hydrogens (tertiary/aromatic N) is 1. The van der Waals surface area contributed by atoms with Crippen molar-refractivity contribution in [2.45, 2.75) is 38.2 Å². The molecule has 0 aromatic carbocycles. The van der Waals surface area contributed by atoms with Gasteiger partial charge in [0.15, 0.2) is 0 Å². The van der Waals surface area contributed by atoms with Crippen molar-refractivity contribution in [3.05, 3.63) is 28.0 Å². The highest BCUT2D eigenvalue weighted by Gasteiger charge is 2.14. The Morgan fingerprint density at radius 2 is 2.05 bits per heavy atom. The van der Waals surface area contributed by atoms with Gasteiger partial charge >= 0.3 is 0 Å². The fraction of sp³-hybridized carbons (Fsp3) is 0.571. The molecule has 1 aromatic heterocycles. The Balaban J connectivity index is 1.72. The summed E-state index contributed by atoms with van der Waals surface area (Å²) < 4.78 is 5.73. The number of hydrogen-bond donors (Lipinski definition) is 1. The number of pyridine rings is 1. The van der Waals surface area contributed by atoms with Crippen molar-refractivity contribution >= 4 is 29.1 Å². The van der Waals surface area contributed by atoms with Gasteiger partial charge < -0.3 is 10.1 Å². The topological polar surface area (TPSA) is 51.2 Å². The molecule has 0 bridgehead atoms. The number of aromatic nitrogens is 1. The van der Waals surface area contributed by atoms with Gasteiger partial charge in [0.2, 0.25) is 0 Å². The third-order valence-corrected chi connectivity index (χ3v) is 3.85. The van der Waals surface area contributed by atoms with Crippen LogP contribution in [0.1, 0.15) is 42.5 Å². The van der Waals surface area contributed by atoms with Crippen molar-refractivity contribution in [3.63, 3.8) is 0 Å². The monoisotopic (exact) mass is 316 g/mol. The molecule has 110 valence electrons. The van der Waals surface area contributed by atoms with Gasteiger partial charge in [-0.3, -0.25) is 4.79 Å². The molecule has 1 N–H and O–H groups in total. The molecule has 0 radical (unpaired) electrons. The van der Waals surface area contributed by atoms with Gasteiger partial charge in [-0.05, 0) is 25.0 Å². The lowest BCUT2D eigenvalue weighted by Gasteiger charge is -2.22. The second-order valence-corrected chi connectivity index (χ2v) is 5.60. The maximum atomic E-state index is 11.9. The Bertz CT molecular complexity index is 462. The van der Waals surface area contributed by atoms with Crippen LogP contribution in [-0.2, 0) is 4.74 Å². The van der Waals surface area contributed by atoms with Gasteiger partial charge in [0.05, 0.1) is 18.3 Å². The summed E-state index contributed by atoms with van der Waals surface area (Å²) in [6.45, 7) is 0.989. The van der Waals surface area contributed by atoms with E-state index in [9.17, 15) is 4.79 Å². The highest BCUT2D eigenvalue weighted by atomic mass is 35.5. The van der Waals surface area contributed by atoms with Crippen molar-refractivity contribution in [1.29, 1.82) is 0 Å². The van der Waals surface area contributed by atoms with E-state index in [1.54, 1.807) is 12.1 Å². The number of nitrogens with one attached hydrogen (secondary N) is 1. The van der Waals surface area contributed by atoms with Crippen LogP contribution in [0.4, 0.5) is 0 Å². The van der Waals surface area contributed by atoms with Crippen LogP contribution in [0.5, 0.6) is 0 Å². The molecule has 1 heterocycles. The standard InChI is InChI=1S/C14H18Cl2N2O2/c15-12-7-6-11(13(16)18-12)14(19)17-8-9-20-10-4-2-1-3-5-10/h6-7,10H,1-5,8-9H2,(H,17,19). The molecule has 0 unspecified atom stereocenters. The predicted molar refractivity (Wildman–Crippen MR) is 79.4 cm³/mol. The molecule has 1 saturated carbocycles. The summed E-state index contributed by atoms with van der Waals surface area (Å²) in [5, 5.41) is 3.15. The lowest BCUT2D eigenvalue weighted by molar-refractivity contribution is 0.0299. The minimum Gasteiger partial charge on any atom is -0.376 e. The van der Waals surface area contributed by atoms with Crippen LogP contribution in [0, 0.1) is 0 Å². The number of hydrogen-bond acceptors (Lipinski definition) is 3. The zero-order valence-corrected chi connectivity index (χ0v) is 12.7. The van der Waals surface area contributed by atoms with Gasteiger partial charge in [-0.25, -0.2) is 4.98 Å². The van der Waals surface area contributed by atoms with E-state index >= 15 is 0 Å². The average molecular weight is 317 g/mol. The zero-order valence-electron chi connectivity index (χ0n) is 11.2. The highest BCUT2D eigenvalue weighted by molar-refractivity contribution is 6.34. The number of ether oxygens (including phenoxy) is 1. The van der Waals surface area contributed by atoms with E-state index in [1.807, 2.05) is 0 Å². The van der Waals surface area contributed by atoms with Crippen LogP contribution in [-0.4, -0.2) is 30.1 Å². The molecule has 1 aliphatic carbocycles. The maximum absolute atomic E-state index is 11.9. The summed E-state index contributed by atoms with van der Waals surface area (Å²) in [6, 6.07) is 3.11. The first kappa shape index (κ1) is 15.5. The highest BCUT2D eigenvalue weighted by Crippen LogP contribution is 2.20. The summed E-state index contributed by atoms with van der Waals surface area (Å²) in [4.78, 5) is 15.7. The quantitative estimate of drug-likeness (QED) is 0.668. The summed E-state index contributed by atoms with van der Waals surface area (Å²) in [7, 11) is 0. The van der Waals surface area contributed by atoms with Crippen molar-refractivity contribution in [3.8, 4) is 0 Å². The Labute approximate surface area is 128 Å². The first-order valence-electron chi connectivity index (χ1n) is 6.88. The third-order valence-electron chi connectivity index (χ3n) is 3.35. The van der Waals surface area contributed by atoms with E-state index in [2.05, 4.69) is 10.3 Å². The Kier molecular flexibility index (Phi) is 6.07. The van der Waals surface area contributed by atoms with E-state index < -0.39 is 0 Å². The number of amides is 1. The summed E-state index contributed by atoms with van der Waals surface area (Å²) in [6.07, 6.45) is 6.38. The number of carbonyl (C=O) groups is 1. The predicted octanol–water partition coefficient (Wildman–Crippen LogP) is 3.47. The summed E-state index contributed by atoms with van der Waals surface area (Å²) >= 11 is 11.6. The molecule has 6 heteroatoms. The average Bonchev–Trinajstić information content (AvgIpc) is 2.44. The van der Waals surface area contributed by atoms with E-state index in [4.69, 9.17) is 27.9 Å². The fourth-order valence-electron chi connectivity index (χ4n) is 2.30. The van der Waals surface area contributed by atoms with Crippen LogP contribution in [0.25, 0.3) is 0 Å². The molecule has 1 aromatic rings. The minimum atomic E-state index is -0.258. The van der Waals surface area contributed by atoms with Crippen LogP contribution in [0.2, 0.25) is 10.3 Å². The minimum absolute atomic E-state index is 0.114. The van der Waals surface area contributed by atoms with E-state index in [0.717, 1.165) is 12.8 Å². The summed E-state index contributed by atoms with van der Waals surface area (Å²) in [5.41, 5.74) is 0.328. The third kappa shape index (κ3) is 4.62. The van der Waals surface area contributed by atoms with E-state index in [1.165, 1.54) is 19.3 Å². The number of halogens is 2. The van der Waals surface area contributed by atoms with Gasteiger partial charge in [-0.15, -0.1) is 0 Å². The molecule has 0 aliphatic heterocycles. The molecule has 1 aliphatic rings. The molecular weight excluding hydrogens is 299 g/mol. The van der Waals surface area contributed by atoms with Gasteiger partial charge in [-0.2, -0.15) is 0 Å². The lowest BCUT2D eigenvalue weighted by Crippen LogP contribution is -2.29. The molecule has 2 rings (SSSR count). The van der Waals surface area contributed by atoms with Crippen molar-refractivity contribution in [2.75, 3.05) is 13.2 Å². The van der Waals surface area contributed by atoms with Crippen molar-refractivity contribution < 1.29 is 9.53 Å². The molecular formula is C14H18Cl2N2O2. The second kappa shape index (κ2) is 7.81. The summed E-state index contributed by atoms with van der Waals surface area (Å²) in [5.74, 6) is -0.258. The van der Waals surface area contributed by atoms with E-state index in [0.29, 0.717) is 24.8 Å². The Morgan fingerprint density at radius 3 is 2.75 bits per heavy atom. The van der Waals surface area contributed by atoms with Crippen LogP contribution >= 0.6 is 23.2 Å². The molecule has 1 amide bonds. The van der Waals surface area contributed by atoms with Gasteiger partial charge in [0.1, 0.15) is 10.3 Å². The molecule has 1 fully saturated rings. The van der Waals surface area contributed by atoms with Crippen LogP contribution < -0.4 is 5.32 Å². The Morgan fingerprint density at radius 1 is 1.30 bits per heavy atom. The first-order chi connectivity index (χ1) is 9.66. The second-order valence-electron chi connectivity index (χ2n) is 4.86. The zero-order chi connectivity index (χ0) is 14.4.